The van der Waals surface area contributed by atoms with Crippen molar-refractivity contribution in [2.45, 2.75) is 38.1 Å². The van der Waals surface area contributed by atoms with Crippen LogP contribution in [0.2, 0.25) is 5.02 Å². The number of amides is 1. The van der Waals surface area contributed by atoms with Crippen LogP contribution < -0.4 is 5.32 Å². The fraction of sp³-hybridized carbons (Fsp3) is 0.375. The van der Waals surface area contributed by atoms with E-state index in [1.807, 2.05) is 19.1 Å². The third kappa shape index (κ3) is 4.08. The topological polar surface area (TPSA) is 66.4 Å². The molecule has 112 valence electrons. The zero-order chi connectivity index (χ0) is 15.5. The molecule has 21 heavy (non-hydrogen) atoms. The van der Waals surface area contributed by atoms with Gasteiger partial charge < -0.3 is 10.4 Å². The molecule has 1 fully saturated rings. The Balaban J connectivity index is 1.99. The average Bonchev–Trinajstić information content (AvgIpc) is 2.37. The van der Waals surface area contributed by atoms with Crippen molar-refractivity contribution in [3.63, 3.8) is 0 Å². The monoisotopic (exact) mass is 307 g/mol. The minimum absolute atomic E-state index is 0.0249. The summed E-state index contributed by atoms with van der Waals surface area (Å²) in [6.07, 6.45) is 5.45. The number of hydrogen-bond acceptors (Lipinski definition) is 2. The van der Waals surface area contributed by atoms with E-state index in [9.17, 15) is 9.59 Å². The molecule has 1 amide bonds. The molecule has 0 spiro atoms. The molecule has 0 aromatic heterocycles. The Labute approximate surface area is 128 Å². The maximum atomic E-state index is 11.9. The highest BCUT2D eigenvalue weighted by Crippen LogP contribution is 2.34. The van der Waals surface area contributed by atoms with Gasteiger partial charge in [0.15, 0.2) is 0 Å². The predicted octanol–water partition coefficient (Wildman–Crippen LogP) is 3.18. The van der Waals surface area contributed by atoms with Crippen molar-refractivity contribution >= 4 is 29.6 Å². The van der Waals surface area contributed by atoms with Crippen molar-refractivity contribution in [2.75, 3.05) is 0 Å². The Morgan fingerprint density at radius 1 is 1.43 bits per heavy atom. The molecule has 2 rings (SSSR count). The second kappa shape index (κ2) is 6.31. The number of halogens is 1. The Hall–Kier alpha value is -1.81. The van der Waals surface area contributed by atoms with Crippen molar-refractivity contribution in [2.24, 2.45) is 0 Å². The zero-order valence-electron chi connectivity index (χ0n) is 11.9. The van der Waals surface area contributed by atoms with E-state index in [-0.39, 0.29) is 12.3 Å². The molecule has 0 atom stereocenters. The van der Waals surface area contributed by atoms with Gasteiger partial charge in [0, 0.05) is 11.1 Å². The van der Waals surface area contributed by atoms with Gasteiger partial charge in [0.05, 0.1) is 12.0 Å². The first-order valence-corrected chi connectivity index (χ1v) is 7.26. The fourth-order valence-corrected chi connectivity index (χ4v) is 2.62. The second-order valence-electron chi connectivity index (χ2n) is 5.54. The van der Waals surface area contributed by atoms with Gasteiger partial charge in [-0.25, -0.2) is 0 Å². The number of rotatable bonds is 5. The highest BCUT2D eigenvalue weighted by atomic mass is 35.5. The summed E-state index contributed by atoms with van der Waals surface area (Å²) < 4.78 is 0. The van der Waals surface area contributed by atoms with Crippen LogP contribution in [0, 0.1) is 6.92 Å². The molecule has 2 N–H and O–H groups in total. The molecule has 0 unspecified atom stereocenters. The molecular weight excluding hydrogens is 290 g/mol. The summed E-state index contributed by atoms with van der Waals surface area (Å²) in [5, 5.41) is 12.4. The minimum atomic E-state index is -0.885. The summed E-state index contributed by atoms with van der Waals surface area (Å²) in [6.45, 7) is 1.91. The van der Waals surface area contributed by atoms with Crippen LogP contribution in [0.5, 0.6) is 0 Å². The van der Waals surface area contributed by atoms with Crippen LogP contribution in [0.3, 0.4) is 0 Å². The number of carboxylic acids is 1. The Kier molecular flexibility index (Phi) is 4.68. The number of carboxylic acid groups (broad SMARTS) is 1. The smallest absolute Gasteiger partial charge is 0.305 e. The molecule has 1 saturated carbocycles. The molecule has 1 aromatic carbocycles. The molecule has 0 radical (unpaired) electrons. The number of carbonyl (C=O) groups excluding carboxylic acids is 1. The van der Waals surface area contributed by atoms with Gasteiger partial charge in [-0.3, -0.25) is 9.59 Å². The van der Waals surface area contributed by atoms with Gasteiger partial charge >= 0.3 is 5.97 Å². The number of benzene rings is 1. The van der Waals surface area contributed by atoms with Crippen molar-refractivity contribution in [3.05, 3.63) is 40.4 Å². The molecule has 0 heterocycles. The van der Waals surface area contributed by atoms with E-state index in [1.54, 1.807) is 12.1 Å². The summed E-state index contributed by atoms with van der Waals surface area (Å²) in [5.41, 5.74) is 1.24. The van der Waals surface area contributed by atoms with E-state index in [4.69, 9.17) is 16.7 Å². The van der Waals surface area contributed by atoms with Gasteiger partial charge in [-0.2, -0.15) is 0 Å². The second-order valence-corrected chi connectivity index (χ2v) is 5.94. The zero-order valence-corrected chi connectivity index (χ0v) is 12.6. The van der Waals surface area contributed by atoms with Crippen LogP contribution in [0.15, 0.2) is 24.3 Å². The fourth-order valence-electron chi connectivity index (χ4n) is 2.43. The van der Waals surface area contributed by atoms with Crippen LogP contribution in [0.4, 0.5) is 0 Å². The Morgan fingerprint density at radius 2 is 2.14 bits per heavy atom. The molecule has 0 aliphatic heterocycles. The van der Waals surface area contributed by atoms with Crippen molar-refractivity contribution in [1.29, 1.82) is 0 Å². The number of hydrogen-bond donors (Lipinski definition) is 2. The lowest BCUT2D eigenvalue weighted by Crippen LogP contribution is -2.54. The maximum absolute atomic E-state index is 11.9. The molecule has 1 aliphatic carbocycles. The molecular formula is C16H18ClNO3. The summed E-state index contributed by atoms with van der Waals surface area (Å²) in [5.74, 6) is -1.16. The first-order valence-electron chi connectivity index (χ1n) is 6.88. The summed E-state index contributed by atoms with van der Waals surface area (Å²) >= 11 is 6.02. The van der Waals surface area contributed by atoms with Gasteiger partial charge in [-0.05, 0) is 49.5 Å². The van der Waals surface area contributed by atoms with E-state index in [0.717, 1.165) is 30.4 Å². The average molecular weight is 308 g/mol. The van der Waals surface area contributed by atoms with E-state index < -0.39 is 11.5 Å². The highest BCUT2D eigenvalue weighted by molar-refractivity contribution is 6.31. The van der Waals surface area contributed by atoms with Gasteiger partial charge in [0.1, 0.15) is 0 Å². The van der Waals surface area contributed by atoms with E-state index in [0.29, 0.717) is 5.02 Å². The van der Waals surface area contributed by atoms with Crippen LogP contribution in [0.1, 0.15) is 36.8 Å². The first-order chi connectivity index (χ1) is 9.90. The van der Waals surface area contributed by atoms with Crippen LogP contribution >= 0.6 is 11.6 Å². The summed E-state index contributed by atoms with van der Waals surface area (Å²) in [6, 6.07) is 5.55. The highest BCUT2D eigenvalue weighted by Gasteiger charge is 2.39. The van der Waals surface area contributed by atoms with Gasteiger partial charge in [0.2, 0.25) is 5.91 Å². The number of nitrogens with one attached hydrogen (secondary N) is 1. The minimum Gasteiger partial charge on any atom is -0.481 e. The lowest BCUT2D eigenvalue weighted by Gasteiger charge is -2.41. The van der Waals surface area contributed by atoms with Gasteiger partial charge in [-0.15, -0.1) is 0 Å². The molecule has 0 saturated heterocycles. The van der Waals surface area contributed by atoms with Crippen LogP contribution in [0.25, 0.3) is 6.08 Å². The molecule has 1 aliphatic rings. The molecule has 0 bridgehead atoms. The van der Waals surface area contributed by atoms with Crippen molar-refractivity contribution in [1.82, 2.24) is 5.32 Å². The number of carbonyl (C=O) groups is 2. The SMILES string of the molecule is Cc1ccc(C=CC(=O)NC2(CC(=O)O)CCC2)cc1Cl. The standard InChI is InChI=1S/C16H18ClNO3/c1-11-3-4-12(9-13(11)17)5-6-14(19)18-16(7-2-8-16)10-15(20)21/h3-6,9H,2,7-8,10H2,1H3,(H,18,19)(H,20,21). The summed E-state index contributed by atoms with van der Waals surface area (Å²) in [4.78, 5) is 22.8. The normalized spacial score (nSPS) is 16.5. The van der Waals surface area contributed by atoms with Crippen molar-refractivity contribution < 1.29 is 14.7 Å². The summed E-state index contributed by atoms with van der Waals surface area (Å²) in [7, 11) is 0. The van der Waals surface area contributed by atoms with E-state index in [2.05, 4.69) is 5.32 Å². The van der Waals surface area contributed by atoms with Gasteiger partial charge in [-0.1, -0.05) is 23.7 Å². The lowest BCUT2D eigenvalue weighted by molar-refractivity contribution is -0.140. The van der Waals surface area contributed by atoms with Crippen molar-refractivity contribution in [3.8, 4) is 0 Å². The number of aryl methyl sites for hydroxylation is 1. The molecule has 1 aromatic rings. The van der Waals surface area contributed by atoms with E-state index >= 15 is 0 Å². The predicted molar refractivity (Wildman–Crippen MR) is 82.2 cm³/mol. The largest absolute Gasteiger partial charge is 0.481 e. The van der Waals surface area contributed by atoms with E-state index in [1.165, 1.54) is 6.08 Å². The Morgan fingerprint density at radius 3 is 2.67 bits per heavy atom. The van der Waals surface area contributed by atoms with Gasteiger partial charge in [0.25, 0.3) is 0 Å². The lowest BCUT2D eigenvalue weighted by atomic mass is 9.74. The molecule has 4 nitrogen and oxygen atoms in total. The third-order valence-corrected chi connectivity index (χ3v) is 4.22. The number of aliphatic carboxylic acids is 1. The van der Waals surface area contributed by atoms with Crippen LogP contribution in [-0.4, -0.2) is 22.5 Å². The Bertz CT molecular complexity index is 591. The first kappa shape index (κ1) is 15.6. The van der Waals surface area contributed by atoms with Crippen LogP contribution in [-0.2, 0) is 9.59 Å². The maximum Gasteiger partial charge on any atom is 0.305 e. The quantitative estimate of drug-likeness (QED) is 0.821. The third-order valence-electron chi connectivity index (χ3n) is 3.81. The molecule has 5 heteroatoms.